The van der Waals surface area contributed by atoms with Gasteiger partial charge in [-0.25, -0.2) is 4.79 Å². The number of rotatable bonds is 3. The molecule has 94 valence electrons. The van der Waals surface area contributed by atoms with Crippen LogP contribution >= 0.6 is 11.3 Å². The van der Waals surface area contributed by atoms with Gasteiger partial charge >= 0.3 is 11.9 Å². The molecular weight excluding hydrogens is 258 g/mol. The van der Waals surface area contributed by atoms with E-state index in [1.807, 2.05) is 0 Å². The van der Waals surface area contributed by atoms with E-state index >= 15 is 0 Å². The molecule has 0 saturated carbocycles. The standard InChI is InChI=1S/C10H9N3O4S/c1-2-16-9(15)7(14)11-10-13-12-8(18-10)6-4-3-5-17-6/h3-5H,2H2,1H3,(H,11,13,14). The number of furan rings is 1. The van der Waals surface area contributed by atoms with Gasteiger partial charge in [-0.3, -0.25) is 10.1 Å². The molecule has 0 spiro atoms. The van der Waals surface area contributed by atoms with Crippen molar-refractivity contribution in [2.75, 3.05) is 11.9 Å². The third-order valence-corrected chi connectivity index (χ3v) is 2.69. The van der Waals surface area contributed by atoms with E-state index in [4.69, 9.17) is 4.42 Å². The Morgan fingerprint density at radius 2 is 2.33 bits per heavy atom. The van der Waals surface area contributed by atoms with Gasteiger partial charge in [0.15, 0.2) is 10.8 Å². The van der Waals surface area contributed by atoms with Crippen LogP contribution in [0.3, 0.4) is 0 Å². The number of carbonyl (C=O) groups excluding carboxylic acids is 2. The maximum Gasteiger partial charge on any atom is 0.397 e. The SMILES string of the molecule is CCOC(=O)C(=O)Nc1nnc(-c2ccco2)s1. The Morgan fingerprint density at radius 1 is 1.50 bits per heavy atom. The monoisotopic (exact) mass is 267 g/mol. The molecule has 18 heavy (non-hydrogen) atoms. The molecular formula is C10H9N3O4S. The lowest BCUT2D eigenvalue weighted by atomic mass is 10.5. The number of aromatic nitrogens is 2. The number of carbonyl (C=O) groups is 2. The summed E-state index contributed by atoms with van der Waals surface area (Å²) in [5.41, 5.74) is 0. The van der Waals surface area contributed by atoms with Crippen LogP contribution in [0.5, 0.6) is 0 Å². The predicted octanol–water partition coefficient (Wildman–Crippen LogP) is 1.30. The number of esters is 1. The van der Waals surface area contributed by atoms with Crippen LogP contribution in [-0.2, 0) is 14.3 Å². The van der Waals surface area contributed by atoms with Crippen molar-refractivity contribution >= 4 is 28.3 Å². The second-order valence-electron chi connectivity index (χ2n) is 3.06. The predicted molar refractivity (Wildman–Crippen MR) is 62.9 cm³/mol. The molecule has 0 aromatic carbocycles. The van der Waals surface area contributed by atoms with Gasteiger partial charge in [-0.2, -0.15) is 0 Å². The average Bonchev–Trinajstić information content (AvgIpc) is 2.98. The summed E-state index contributed by atoms with van der Waals surface area (Å²) in [7, 11) is 0. The lowest BCUT2D eigenvalue weighted by Gasteiger charge is -1.99. The number of nitrogens with zero attached hydrogens (tertiary/aromatic N) is 2. The van der Waals surface area contributed by atoms with Crippen molar-refractivity contribution in [2.24, 2.45) is 0 Å². The normalized spacial score (nSPS) is 10.1. The van der Waals surface area contributed by atoms with E-state index in [0.717, 1.165) is 11.3 Å². The van der Waals surface area contributed by atoms with Crippen molar-refractivity contribution in [3.05, 3.63) is 18.4 Å². The number of nitrogens with one attached hydrogen (secondary N) is 1. The Kier molecular flexibility index (Phi) is 3.68. The van der Waals surface area contributed by atoms with Crippen LogP contribution in [0.15, 0.2) is 22.8 Å². The van der Waals surface area contributed by atoms with Crippen LogP contribution in [0.1, 0.15) is 6.92 Å². The molecule has 0 aliphatic carbocycles. The summed E-state index contributed by atoms with van der Waals surface area (Å²) in [5.74, 6) is -1.28. The van der Waals surface area contributed by atoms with Gasteiger partial charge in [0, 0.05) is 0 Å². The molecule has 2 heterocycles. The highest BCUT2D eigenvalue weighted by molar-refractivity contribution is 7.18. The lowest BCUT2D eigenvalue weighted by molar-refractivity contribution is -0.152. The van der Waals surface area contributed by atoms with Crippen LogP contribution in [0.4, 0.5) is 5.13 Å². The molecule has 0 fully saturated rings. The van der Waals surface area contributed by atoms with Gasteiger partial charge in [0.1, 0.15) is 0 Å². The maximum absolute atomic E-state index is 11.3. The average molecular weight is 267 g/mol. The third kappa shape index (κ3) is 2.72. The van der Waals surface area contributed by atoms with Crippen molar-refractivity contribution < 1.29 is 18.7 Å². The molecule has 8 heteroatoms. The molecule has 2 aromatic heterocycles. The van der Waals surface area contributed by atoms with Crippen LogP contribution in [0.25, 0.3) is 10.8 Å². The Bertz CT molecular complexity index is 549. The minimum Gasteiger partial charge on any atom is -0.462 e. The van der Waals surface area contributed by atoms with Crippen molar-refractivity contribution in [1.29, 1.82) is 0 Å². The zero-order valence-electron chi connectivity index (χ0n) is 9.37. The minimum atomic E-state index is -0.952. The first-order valence-corrected chi connectivity index (χ1v) is 5.88. The molecule has 0 radical (unpaired) electrons. The van der Waals surface area contributed by atoms with Gasteiger partial charge in [-0.05, 0) is 19.1 Å². The number of anilines is 1. The van der Waals surface area contributed by atoms with E-state index in [1.165, 1.54) is 6.26 Å². The van der Waals surface area contributed by atoms with E-state index in [9.17, 15) is 9.59 Å². The van der Waals surface area contributed by atoms with E-state index in [0.29, 0.717) is 10.8 Å². The summed E-state index contributed by atoms with van der Waals surface area (Å²) in [6, 6.07) is 3.44. The number of hydrogen-bond donors (Lipinski definition) is 1. The fourth-order valence-corrected chi connectivity index (χ4v) is 1.83. The molecule has 0 saturated heterocycles. The smallest absolute Gasteiger partial charge is 0.397 e. The summed E-state index contributed by atoms with van der Waals surface area (Å²) >= 11 is 1.10. The second kappa shape index (κ2) is 5.41. The zero-order valence-corrected chi connectivity index (χ0v) is 10.2. The van der Waals surface area contributed by atoms with Crippen LogP contribution in [0, 0.1) is 0 Å². The largest absolute Gasteiger partial charge is 0.462 e. The number of hydrogen-bond acceptors (Lipinski definition) is 7. The highest BCUT2D eigenvalue weighted by atomic mass is 32.1. The van der Waals surface area contributed by atoms with Gasteiger partial charge in [-0.15, -0.1) is 10.2 Å². The highest BCUT2D eigenvalue weighted by Crippen LogP contribution is 2.26. The minimum absolute atomic E-state index is 0.139. The zero-order chi connectivity index (χ0) is 13.0. The molecule has 0 aliphatic heterocycles. The van der Waals surface area contributed by atoms with Gasteiger partial charge in [0.25, 0.3) is 0 Å². The van der Waals surface area contributed by atoms with Crippen LogP contribution in [-0.4, -0.2) is 28.7 Å². The van der Waals surface area contributed by atoms with Gasteiger partial charge in [-0.1, -0.05) is 11.3 Å². The van der Waals surface area contributed by atoms with Gasteiger partial charge in [0.05, 0.1) is 12.9 Å². The lowest BCUT2D eigenvalue weighted by Crippen LogP contribution is -2.24. The number of ether oxygens (including phenoxy) is 1. The third-order valence-electron chi connectivity index (χ3n) is 1.84. The summed E-state index contributed by atoms with van der Waals surface area (Å²) in [5, 5.41) is 10.6. The Morgan fingerprint density at radius 3 is 3.00 bits per heavy atom. The Labute approximate surface area is 106 Å². The topological polar surface area (TPSA) is 94.3 Å². The van der Waals surface area contributed by atoms with Crippen LogP contribution < -0.4 is 5.32 Å². The van der Waals surface area contributed by atoms with Crippen molar-refractivity contribution in [3.8, 4) is 10.8 Å². The quantitative estimate of drug-likeness (QED) is 0.665. The van der Waals surface area contributed by atoms with Gasteiger partial charge < -0.3 is 9.15 Å². The Balaban J connectivity index is 2.03. The molecule has 0 atom stereocenters. The highest BCUT2D eigenvalue weighted by Gasteiger charge is 2.17. The number of amides is 1. The van der Waals surface area contributed by atoms with E-state index in [2.05, 4.69) is 20.3 Å². The fourth-order valence-electron chi connectivity index (χ4n) is 1.12. The van der Waals surface area contributed by atoms with E-state index in [1.54, 1.807) is 19.1 Å². The summed E-state index contributed by atoms with van der Waals surface area (Å²) in [6.45, 7) is 1.76. The van der Waals surface area contributed by atoms with Crippen molar-refractivity contribution in [1.82, 2.24) is 10.2 Å². The summed E-state index contributed by atoms with van der Waals surface area (Å²) < 4.78 is 9.67. The second-order valence-corrected chi connectivity index (χ2v) is 4.04. The first-order valence-electron chi connectivity index (χ1n) is 5.06. The fraction of sp³-hybridized carbons (Fsp3) is 0.200. The first-order chi connectivity index (χ1) is 8.70. The molecule has 1 amide bonds. The molecule has 2 aromatic rings. The summed E-state index contributed by atoms with van der Waals surface area (Å²) in [4.78, 5) is 22.4. The Hall–Kier alpha value is -2.22. The molecule has 7 nitrogen and oxygen atoms in total. The van der Waals surface area contributed by atoms with Crippen molar-refractivity contribution in [2.45, 2.75) is 6.92 Å². The van der Waals surface area contributed by atoms with Crippen LogP contribution in [0.2, 0.25) is 0 Å². The molecule has 0 bridgehead atoms. The van der Waals surface area contributed by atoms with E-state index in [-0.39, 0.29) is 11.7 Å². The molecule has 2 rings (SSSR count). The molecule has 1 N–H and O–H groups in total. The van der Waals surface area contributed by atoms with Crippen molar-refractivity contribution in [3.63, 3.8) is 0 Å². The summed E-state index contributed by atoms with van der Waals surface area (Å²) in [6.07, 6.45) is 1.51. The maximum atomic E-state index is 11.3. The van der Waals surface area contributed by atoms with E-state index < -0.39 is 11.9 Å². The molecule has 0 unspecified atom stereocenters. The van der Waals surface area contributed by atoms with Gasteiger partial charge in [0.2, 0.25) is 5.13 Å². The first kappa shape index (κ1) is 12.2. The molecule has 0 aliphatic rings.